The highest BCUT2D eigenvalue weighted by molar-refractivity contribution is 6.73. The number of rotatable bonds is 5. The van der Waals surface area contributed by atoms with E-state index in [1.54, 1.807) is 0 Å². The summed E-state index contributed by atoms with van der Waals surface area (Å²) < 4.78 is 6.43. The average molecular weight is 744 g/mol. The monoisotopic (exact) mass is 745 g/mol. The topological polar surface area (TPSA) is 16.4 Å². The fourth-order valence-corrected chi connectivity index (χ4v) is 10.0. The molecule has 0 aliphatic heterocycles. The van der Waals surface area contributed by atoms with E-state index in [-0.39, 0.29) is 0 Å². The lowest BCUT2D eigenvalue weighted by Crippen LogP contribution is -2.52. The number of hydrogen-bond donors (Lipinski definition) is 0. The van der Waals surface area contributed by atoms with Crippen molar-refractivity contribution in [2.45, 2.75) is 0 Å². The molecule has 0 radical (unpaired) electrons. The number of furan rings is 1. The fourth-order valence-electron chi connectivity index (χ4n) is 10.0. The molecule has 270 valence electrons. The van der Waals surface area contributed by atoms with Gasteiger partial charge in [-0.15, -0.1) is 21.9 Å². The van der Waals surface area contributed by atoms with Crippen molar-refractivity contribution in [1.29, 1.82) is 0 Å². The molecule has 0 saturated carbocycles. The maximum absolute atomic E-state index is 6.43. The highest BCUT2D eigenvalue weighted by Gasteiger charge is 2.27. The zero-order chi connectivity index (χ0) is 40.9. The number of fused-ring (bicyclic) bond motifs is 7. The first-order valence-corrected chi connectivity index (χ1v) is 20.9. The summed E-state index contributed by atoms with van der Waals surface area (Å²) in [5.41, 5.74) is 22.2. The zero-order valence-electron chi connectivity index (χ0n) is 35.6. The van der Waals surface area contributed by atoms with Gasteiger partial charge in [0.25, 0.3) is 0 Å². The number of benzene rings is 9. The number of anilines is 3. The lowest BCUT2D eigenvalue weighted by atomic mass is 9.59. The summed E-state index contributed by atoms with van der Waals surface area (Å²) in [4.78, 5) is 2.57. The molecule has 0 unspecified atom stereocenters. The summed E-state index contributed by atoms with van der Waals surface area (Å²) in [6, 6.07) is 48.4. The minimum atomic E-state index is 0.916. The van der Waals surface area contributed by atoms with Gasteiger partial charge in [0.05, 0.1) is 5.69 Å². The predicted molar refractivity (Wildman–Crippen MR) is 285 cm³/mol. The Hall–Kier alpha value is -6.06. The Morgan fingerprint density at radius 1 is 0.373 bits per heavy atom. The molecule has 11 heteroatoms. The second-order valence-electron chi connectivity index (χ2n) is 16.7. The summed E-state index contributed by atoms with van der Waals surface area (Å²) in [5, 5.41) is 10.2. The third kappa shape index (κ3) is 5.61. The van der Waals surface area contributed by atoms with Gasteiger partial charge in [0.2, 0.25) is 0 Å². The van der Waals surface area contributed by atoms with E-state index in [0.29, 0.717) is 0 Å². The van der Waals surface area contributed by atoms with E-state index >= 15 is 0 Å². The molecule has 0 aliphatic rings. The molecule has 2 nitrogen and oxygen atoms in total. The van der Waals surface area contributed by atoms with Crippen molar-refractivity contribution in [2.75, 3.05) is 4.90 Å². The molecular formula is C48H40B9NO. The minimum Gasteiger partial charge on any atom is -0.455 e. The number of hydrogen-bond acceptors (Lipinski definition) is 2. The van der Waals surface area contributed by atoms with Crippen LogP contribution in [-0.4, -0.2) is 70.6 Å². The van der Waals surface area contributed by atoms with Gasteiger partial charge in [0.1, 0.15) is 81.8 Å². The van der Waals surface area contributed by atoms with Crippen molar-refractivity contribution in [1.82, 2.24) is 0 Å². The molecule has 0 atom stereocenters. The standard InChI is InChI=1S/C48H40B9NO/c49-38-34-35-37(41(52)46(57)44(55)39(35)50)47(42(53)36(34)40(51)45(56)43(38)54)58(32-16-6-9-24-8-1-2-12-28(24)32)27-11-5-10-26(22-27)23-18-20-25(21-19-23)29-14-7-15-31-30-13-3-4-17-33(30)59-48(29)31/h1-22H,49-57H2. The first kappa shape index (κ1) is 37.2. The highest BCUT2D eigenvalue weighted by Crippen LogP contribution is 2.43. The molecule has 0 aliphatic carbocycles. The van der Waals surface area contributed by atoms with Crippen LogP contribution in [0.25, 0.3) is 76.5 Å². The molecule has 0 N–H and O–H groups in total. The van der Waals surface area contributed by atoms with E-state index in [1.165, 1.54) is 104 Å². The van der Waals surface area contributed by atoms with E-state index in [0.717, 1.165) is 38.8 Å². The SMILES string of the molecule is Bc1c(B)c(B)c2c(c1B)c(B)c(N(c1cccc(-c3ccc(-c4cccc5c4oc4ccccc45)cc3)c1)c1cccc3ccccc13)c1c(B)c(B)c(B)c(B)c12. The van der Waals surface area contributed by atoms with Crippen molar-refractivity contribution in [3.8, 4) is 22.3 Å². The summed E-state index contributed by atoms with van der Waals surface area (Å²) in [6.45, 7) is 0. The van der Waals surface area contributed by atoms with Gasteiger partial charge in [-0.25, -0.2) is 0 Å². The lowest BCUT2D eigenvalue weighted by Gasteiger charge is -2.34. The molecule has 10 aromatic rings. The maximum Gasteiger partial charge on any atom is 0.143 e. The van der Waals surface area contributed by atoms with Crippen LogP contribution in [-0.2, 0) is 0 Å². The van der Waals surface area contributed by atoms with Crippen LogP contribution < -0.4 is 54.1 Å². The number of nitrogens with zero attached hydrogens (tertiary/aromatic N) is 1. The molecule has 10 rings (SSSR count). The summed E-state index contributed by atoms with van der Waals surface area (Å²) >= 11 is 0. The van der Waals surface area contributed by atoms with Gasteiger partial charge >= 0.3 is 0 Å². The second kappa shape index (κ2) is 14.1. The minimum absolute atomic E-state index is 0.916. The second-order valence-corrected chi connectivity index (χ2v) is 16.7. The molecule has 0 amide bonds. The van der Waals surface area contributed by atoms with E-state index in [9.17, 15) is 0 Å². The Bertz CT molecular complexity index is 3390. The van der Waals surface area contributed by atoms with Crippen LogP contribution in [0.3, 0.4) is 0 Å². The highest BCUT2D eigenvalue weighted by atomic mass is 16.3. The Morgan fingerprint density at radius 2 is 0.915 bits per heavy atom. The Morgan fingerprint density at radius 3 is 1.64 bits per heavy atom. The Labute approximate surface area is 354 Å². The first-order chi connectivity index (χ1) is 28.5. The third-order valence-electron chi connectivity index (χ3n) is 13.9. The van der Waals surface area contributed by atoms with Crippen LogP contribution in [0.1, 0.15) is 0 Å². The van der Waals surface area contributed by atoms with Crippen molar-refractivity contribution >= 4 is 191 Å². The maximum atomic E-state index is 6.43. The van der Waals surface area contributed by atoms with Gasteiger partial charge in [0.15, 0.2) is 0 Å². The van der Waals surface area contributed by atoms with E-state index < -0.39 is 0 Å². The van der Waals surface area contributed by atoms with Crippen LogP contribution in [0.5, 0.6) is 0 Å². The first-order valence-electron chi connectivity index (χ1n) is 20.9. The van der Waals surface area contributed by atoms with Gasteiger partial charge in [-0.05, 0) is 67.9 Å². The molecule has 1 aromatic heterocycles. The van der Waals surface area contributed by atoms with Crippen molar-refractivity contribution in [2.24, 2.45) is 0 Å². The van der Waals surface area contributed by atoms with Gasteiger partial charge in [-0.3, -0.25) is 0 Å². The van der Waals surface area contributed by atoms with Gasteiger partial charge < -0.3 is 9.32 Å². The summed E-state index contributed by atoms with van der Waals surface area (Å²) in [7, 11) is 20.9. The van der Waals surface area contributed by atoms with Crippen molar-refractivity contribution < 1.29 is 4.42 Å². The molecule has 0 spiro atoms. The predicted octanol–water partition coefficient (Wildman–Crippen LogP) is -1.82. The van der Waals surface area contributed by atoms with Crippen LogP contribution in [0, 0.1) is 0 Å². The average Bonchev–Trinajstić information content (AvgIpc) is 3.66. The van der Waals surface area contributed by atoms with E-state index in [1.807, 2.05) is 12.1 Å². The van der Waals surface area contributed by atoms with E-state index in [4.69, 9.17) is 4.42 Å². The molecule has 59 heavy (non-hydrogen) atoms. The van der Waals surface area contributed by atoms with Gasteiger partial charge in [-0.1, -0.05) is 137 Å². The largest absolute Gasteiger partial charge is 0.455 e. The van der Waals surface area contributed by atoms with Gasteiger partial charge in [-0.2, -0.15) is 0 Å². The zero-order valence-corrected chi connectivity index (χ0v) is 35.6. The fraction of sp³-hybridized carbons (Fsp3) is 0. The van der Waals surface area contributed by atoms with Crippen LogP contribution >= 0.6 is 0 Å². The lowest BCUT2D eigenvalue weighted by molar-refractivity contribution is 0.670. The van der Waals surface area contributed by atoms with Crippen molar-refractivity contribution in [3.63, 3.8) is 0 Å². The molecule has 0 bridgehead atoms. The van der Waals surface area contributed by atoms with Gasteiger partial charge in [0, 0.05) is 33.1 Å². The molecular weight excluding hydrogens is 704 g/mol. The molecule has 0 fully saturated rings. The molecule has 0 saturated heterocycles. The quantitative estimate of drug-likeness (QED) is 0.153. The molecule has 1 heterocycles. The summed E-state index contributed by atoms with van der Waals surface area (Å²) in [6.07, 6.45) is 0. The van der Waals surface area contributed by atoms with Crippen LogP contribution in [0.4, 0.5) is 17.1 Å². The van der Waals surface area contributed by atoms with Crippen molar-refractivity contribution in [3.05, 3.63) is 133 Å². The number of para-hydroxylation sites is 2. The Kier molecular flexibility index (Phi) is 8.87. The summed E-state index contributed by atoms with van der Waals surface area (Å²) in [5.74, 6) is 0. The Balaban J connectivity index is 1.23. The molecule has 9 aromatic carbocycles. The normalized spacial score (nSPS) is 11.7. The third-order valence-corrected chi connectivity index (χ3v) is 13.9. The smallest absolute Gasteiger partial charge is 0.143 e. The van der Waals surface area contributed by atoms with Crippen LogP contribution in [0.2, 0.25) is 0 Å². The van der Waals surface area contributed by atoms with Crippen LogP contribution in [0.15, 0.2) is 138 Å². The van der Waals surface area contributed by atoms with E-state index in [2.05, 4.69) is 197 Å².